The molecule has 0 saturated carbocycles. The van der Waals surface area contributed by atoms with E-state index in [2.05, 4.69) is 29.1 Å². The Balaban J connectivity index is 1.59. The lowest BCUT2D eigenvalue weighted by Crippen LogP contribution is -2.37. The van der Waals surface area contributed by atoms with Gasteiger partial charge in [-0.05, 0) is 25.0 Å². The van der Waals surface area contributed by atoms with Crippen LogP contribution in [0.1, 0.15) is 38.3 Å². The van der Waals surface area contributed by atoms with Crippen LogP contribution in [0.15, 0.2) is 24.5 Å². The molecule has 0 bridgehead atoms. The third-order valence-corrected chi connectivity index (χ3v) is 5.20. The number of hydrogen-bond acceptors (Lipinski definition) is 7. The second-order valence-corrected chi connectivity index (χ2v) is 7.79. The summed E-state index contributed by atoms with van der Waals surface area (Å²) in [6, 6.07) is 3.59. The number of rotatable bonds is 4. The van der Waals surface area contributed by atoms with Gasteiger partial charge in [0.2, 0.25) is 5.91 Å². The topological polar surface area (TPSA) is 96.8 Å². The number of aliphatic hydroxyl groups is 1. The minimum Gasteiger partial charge on any atom is -0.492 e. The third kappa shape index (κ3) is 2.98. The molecule has 0 spiro atoms. The molecule has 8 nitrogen and oxygen atoms in total. The fourth-order valence-electron chi connectivity index (χ4n) is 3.67. The smallest absolute Gasteiger partial charge is 0.322 e. The number of aliphatic hydroxyl groups excluding tert-OH is 1. The average Bonchev–Trinajstić information content (AvgIpc) is 3.14. The van der Waals surface area contributed by atoms with E-state index in [1.165, 1.54) is 17.3 Å². The highest BCUT2D eigenvalue weighted by molar-refractivity contribution is 5.99. The number of carbonyl (C=O) groups excluding carboxylic acids is 1. The molecule has 2 N–H and O–H groups in total. The van der Waals surface area contributed by atoms with E-state index >= 15 is 0 Å². The van der Waals surface area contributed by atoms with E-state index in [1.807, 2.05) is 26.0 Å². The molecule has 2 atom stereocenters. The van der Waals surface area contributed by atoms with E-state index in [0.717, 1.165) is 16.9 Å². The molecular formula is C20H24N4O4. The molecule has 2 aliphatic heterocycles. The predicted octanol–water partition coefficient (Wildman–Crippen LogP) is 2.24. The summed E-state index contributed by atoms with van der Waals surface area (Å²) < 4.78 is 11.8. The van der Waals surface area contributed by atoms with Crippen molar-refractivity contribution >= 4 is 11.6 Å². The molecule has 148 valence electrons. The van der Waals surface area contributed by atoms with Crippen LogP contribution in [0.3, 0.4) is 0 Å². The molecule has 28 heavy (non-hydrogen) atoms. The van der Waals surface area contributed by atoms with Crippen LogP contribution in [-0.2, 0) is 10.2 Å². The van der Waals surface area contributed by atoms with Gasteiger partial charge in [0.15, 0.2) is 6.35 Å². The standard InChI is InChI=1S/C20H24N4O4/c1-5-13-17(25)24(19(26)23-13)12-8-21-18(22-9-12)28-14-7-6-11(2)16-15(14)20(3,4)10-27-16/h6-9,13,19,23,26H,5,10H2,1-4H3. The van der Waals surface area contributed by atoms with E-state index in [4.69, 9.17) is 9.47 Å². The molecular weight excluding hydrogens is 360 g/mol. The summed E-state index contributed by atoms with van der Waals surface area (Å²) in [6.07, 6.45) is 2.44. The number of nitrogens with zero attached hydrogens (tertiary/aromatic N) is 3. The molecule has 3 heterocycles. The van der Waals surface area contributed by atoms with E-state index in [-0.39, 0.29) is 17.3 Å². The van der Waals surface area contributed by atoms with Crippen molar-refractivity contribution in [3.63, 3.8) is 0 Å². The van der Waals surface area contributed by atoms with Gasteiger partial charge in [-0.1, -0.05) is 26.8 Å². The summed E-state index contributed by atoms with van der Waals surface area (Å²) in [5.74, 6) is 1.30. The molecule has 1 aromatic carbocycles. The van der Waals surface area contributed by atoms with Crippen LogP contribution in [0.2, 0.25) is 0 Å². The predicted molar refractivity (Wildman–Crippen MR) is 103 cm³/mol. The van der Waals surface area contributed by atoms with Crippen LogP contribution in [0.5, 0.6) is 17.5 Å². The van der Waals surface area contributed by atoms with Crippen molar-refractivity contribution < 1.29 is 19.4 Å². The molecule has 2 aliphatic rings. The fraction of sp³-hybridized carbons (Fsp3) is 0.450. The Labute approximate surface area is 163 Å². The molecule has 8 heteroatoms. The van der Waals surface area contributed by atoms with Crippen molar-refractivity contribution in [3.05, 3.63) is 35.7 Å². The zero-order valence-electron chi connectivity index (χ0n) is 16.4. The van der Waals surface area contributed by atoms with Crippen molar-refractivity contribution in [3.8, 4) is 17.5 Å². The van der Waals surface area contributed by atoms with Crippen molar-refractivity contribution in [2.75, 3.05) is 11.5 Å². The summed E-state index contributed by atoms with van der Waals surface area (Å²) in [7, 11) is 0. The van der Waals surface area contributed by atoms with Crippen LogP contribution < -0.4 is 19.7 Å². The first kappa shape index (κ1) is 18.6. The van der Waals surface area contributed by atoms with Crippen molar-refractivity contribution in [1.29, 1.82) is 0 Å². The number of anilines is 1. The lowest BCUT2D eigenvalue weighted by Gasteiger charge is -2.20. The summed E-state index contributed by atoms with van der Waals surface area (Å²) in [4.78, 5) is 22.1. The van der Waals surface area contributed by atoms with Gasteiger partial charge < -0.3 is 14.6 Å². The Morgan fingerprint density at radius 3 is 2.71 bits per heavy atom. The minimum absolute atomic E-state index is 0.165. The van der Waals surface area contributed by atoms with E-state index in [0.29, 0.717) is 24.5 Å². The summed E-state index contributed by atoms with van der Waals surface area (Å²) >= 11 is 0. The highest BCUT2D eigenvalue weighted by Crippen LogP contribution is 2.46. The third-order valence-electron chi connectivity index (χ3n) is 5.20. The molecule has 0 radical (unpaired) electrons. The maximum Gasteiger partial charge on any atom is 0.322 e. The Morgan fingerprint density at radius 2 is 2.07 bits per heavy atom. The van der Waals surface area contributed by atoms with Gasteiger partial charge in [0, 0.05) is 11.0 Å². The van der Waals surface area contributed by atoms with Crippen LogP contribution in [0, 0.1) is 6.92 Å². The van der Waals surface area contributed by atoms with Crippen LogP contribution in [0.25, 0.3) is 0 Å². The number of aryl methyl sites for hydroxylation is 1. The van der Waals surface area contributed by atoms with Crippen LogP contribution >= 0.6 is 0 Å². The number of ether oxygens (including phenoxy) is 2. The molecule has 1 saturated heterocycles. The Morgan fingerprint density at radius 1 is 1.36 bits per heavy atom. The number of benzene rings is 1. The number of amides is 1. The monoisotopic (exact) mass is 384 g/mol. The lowest BCUT2D eigenvalue weighted by atomic mass is 9.85. The van der Waals surface area contributed by atoms with E-state index in [1.54, 1.807) is 0 Å². The molecule has 2 unspecified atom stereocenters. The van der Waals surface area contributed by atoms with Gasteiger partial charge in [-0.3, -0.25) is 15.0 Å². The molecule has 2 aromatic rings. The number of hydrogen-bond donors (Lipinski definition) is 2. The Kier molecular flexibility index (Phi) is 4.47. The number of carbonyl (C=O) groups is 1. The number of aromatic nitrogens is 2. The largest absolute Gasteiger partial charge is 0.492 e. The van der Waals surface area contributed by atoms with Gasteiger partial charge in [-0.25, -0.2) is 9.97 Å². The fourth-order valence-corrected chi connectivity index (χ4v) is 3.67. The molecule has 1 fully saturated rings. The quantitative estimate of drug-likeness (QED) is 0.834. The van der Waals surface area contributed by atoms with Crippen molar-refractivity contribution in [1.82, 2.24) is 15.3 Å². The van der Waals surface area contributed by atoms with Crippen LogP contribution in [-0.4, -0.2) is 40.0 Å². The van der Waals surface area contributed by atoms with Gasteiger partial charge in [-0.2, -0.15) is 0 Å². The SMILES string of the molecule is CCC1NC(O)N(c2cnc(Oc3ccc(C)c4c3C(C)(C)CO4)nc2)C1=O. The van der Waals surface area contributed by atoms with Gasteiger partial charge in [-0.15, -0.1) is 0 Å². The average molecular weight is 384 g/mol. The minimum atomic E-state index is -1.09. The first-order valence-electron chi connectivity index (χ1n) is 9.36. The van der Waals surface area contributed by atoms with Gasteiger partial charge in [0.1, 0.15) is 11.5 Å². The summed E-state index contributed by atoms with van der Waals surface area (Å²) in [5.41, 5.74) is 2.29. The van der Waals surface area contributed by atoms with Gasteiger partial charge in [0.25, 0.3) is 0 Å². The molecule has 1 amide bonds. The highest BCUT2D eigenvalue weighted by Gasteiger charge is 2.38. The van der Waals surface area contributed by atoms with E-state index < -0.39 is 12.4 Å². The maximum absolute atomic E-state index is 12.4. The zero-order chi connectivity index (χ0) is 20.1. The second-order valence-electron chi connectivity index (χ2n) is 7.79. The zero-order valence-corrected chi connectivity index (χ0v) is 16.4. The molecule has 4 rings (SSSR count). The molecule has 1 aromatic heterocycles. The Bertz CT molecular complexity index is 913. The van der Waals surface area contributed by atoms with Gasteiger partial charge >= 0.3 is 6.01 Å². The first-order chi connectivity index (χ1) is 13.3. The summed E-state index contributed by atoms with van der Waals surface area (Å²) in [6.45, 7) is 8.68. The van der Waals surface area contributed by atoms with Crippen LogP contribution in [0.4, 0.5) is 5.69 Å². The maximum atomic E-state index is 12.4. The number of fused-ring (bicyclic) bond motifs is 1. The van der Waals surface area contributed by atoms with Crippen molar-refractivity contribution in [2.24, 2.45) is 0 Å². The number of nitrogens with one attached hydrogen (secondary N) is 1. The van der Waals surface area contributed by atoms with Gasteiger partial charge in [0.05, 0.1) is 30.7 Å². The van der Waals surface area contributed by atoms with E-state index in [9.17, 15) is 9.90 Å². The summed E-state index contributed by atoms with van der Waals surface area (Å²) in [5, 5.41) is 12.9. The second kappa shape index (κ2) is 6.72. The van der Waals surface area contributed by atoms with Crippen molar-refractivity contribution in [2.45, 2.75) is 51.9 Å². The Hall–Kier alpha value is -2.71. The molecule has 0 aliphatic carbocycles. The lowest BCUT2D eigenvalue weighted by molar-refractivity contribution is -0.118. The normalized spacial score (nSPS) is 22.9. The first-order valence-corrected chi connectivity index (χ1v) is 9.36. The highest BCUT2D eigenvalue weighted by atomic mass is 16.5.